The number of hydrogen-bond acceptors (Lipinski definition) is 7. The number of aromatic nitrogens is 2. The quantitative estimate of drug-likeness (QED) is 0.524. The first-order chi connectivity index (χ1) is 12.4. The Morgan fingerprint density at radius 3 is 2.38 bits per heavy atom. The van der Waals surface area contributed by atoms with Gasteiger partial charge >= 0.3 is 0 Å². The maximum atomic E-state index is 12.3. The SMILES string of the molecule is Cc1c([N+](=O)[O-])cc(NC(=O)c2cc(-c3ccco3)[nH]n2)cc1[N+](=O)[O-]. The molecule has 11 heteroatoms. The average molecular weight is 357 g/mol. The van der Waals surface area contributed by atoms with Crippen LogP contribution in [0.5, 0.6) is 0 Å². The van der Waals surface area contributed by atoms with Crippen LogP contribution in [0.1, 0.15) is 16.1 Å². The fourth-order valence-corrected chi connectivity index (χ4v) is 2.33. The molecule has 2 N–H and O–H groups in total. The Balaban J connectivity index is 1.90. The van der Waals surface area contributed by atoms with Crippen LogP contribution in [0.2, 0.25) is 0 Å². The van der Waals surface area contributed by atoms with E-state index in [0.717, 1.165) is 12.1 Å². The van der Waals surface area contributed by atoms with Crippen molar-refractivity contribution in [3.8, 4) is 11.5 Å². The zero-order valence-electron chi connectivity index (χ0n) is 13.3. The Morgan fingerprint density at radius 1 is 1.19 bits per heavy atom. The molecule has 0 spiro atoms. The lowest BCUT2D eigenvalue weighted by Gasteiger charge is -2.05. The van der Waals surface area contributed by atoms with E-state index in [0.29, 0.717) is 11.5 Å². The molecule has 0 aliphatic carbocycles. The first-order valence-electron chi connectivity index (χ1n) is 7.21. The molecule has 0 saturated heterocycles. The molecule has 0 atom stereocenters. The van der Waals surface area contributed by atoms with E-state index < -0.39 is 27.1 Å². The topological polar surface area (TPSA) is 157 Å². The number of nitro benzene ring substituents is 2. The molecular formula is C15H11N5O6. The fraction of sp³-hybridized carbons (Fsp3) is 0.0667. The van der Waals surface area contributed by atoms with E-state index in [1.165, 1.54) is 19.3 Å². The van der Waals surface area contributed by atoms with E-state index in [4.69, 9.17) is 4.42 Å². The zero-order chi connectivity index (χ0) is 18.8. The third-order valence-electron chi connectivity index (χ3n) is 3.60. The highest BCUT2D eigenvalue weighted by Crippen LogP contribution is 2.32. The summed E-state index contributed by atoms with van der Waals surface area (Å²) in [6, 6.07) is 6.87. The second-order valence-corrected chi connectivity index (χ2v) is 5.25. The van der Waals surface area contributed by atoms with Crippen molar-refractivity contribution in [1.82, 2.24) is 10.2 Å². The van der Waals surface area contributed by atoms with Gasteiger partial charge in [-0.2, -0.15) is 5.10 Å². The summed E-state index contributed by atoms with van der Waals surface area (Å²) in [6.45, 7) is 1.27. The molecule has 0 aliphatic rings. The molecular weight excluding hydrogens is 346 g/mol. The van der Waals surface area contributed by atoms with Gasteiger partial charge in [-0.1, -0.05) is 0 Å². The number of benzene rings is 1. The van der Waals surface area contributed by atoms with Gasteiger partial charge in [-0.15, -0.1) is 0 Å². The fourth-order valence-electron chi connectivity index (χ4n) is 2.33. The molecule has 0 fully saturated rings. The van der Waals surface area contributed by atoms with Crippen molar-refractivity contribution < 1.29 is 19.1 Å². The number of furan rings is 1. The lowest BCUT2D eigenvalue weighted by molar-refractivity contribution is -0.395. The summed E-state index contributed by atoms with van der Waals surface area (Å²) in [5.41, 5.74) is -0.664. The second-order valence-electron chi connectivity index (χ2n) is 5.25. The van der Waals surface area contributed by atoms with Crippen LogP contribution in [0.15, 0.2) is 41.0 Å². The van der Waals surface area contributed by atoms with E-state index in [2.05, 4.69) is 15.5 Å². The first kappa shape index (κ1) is 16.8. The summed E-state index contributed by atoms with van der Waals surface area (Å²) in [4.78, 5) is 32.9. The van der Waals surface area contributed by atoms with Crippen LogP contribution in [0.4, 0.5) is 17.1 Å². The molecule has 2 aromatic heterocycles. The summed E-state index contributed by atoms with van der Waals surface area (Å²) >= 11 is 0. The van der Waals surface area contributed by atoms with Gasteiger partial charge in [0.2, 0.25) is 0 Å². The first-order valence-corrected chi connectivity index (χ1v) is 7.21. The van der Waals surface area contributed by atoms with Crippen molar-refractivity contribution in [2.75, 3.05) is 5.32 Å². The molecule has 0 saturated carbocycles. The smallest absolute Gasteiger partial charge is 0.281 e. The number of rotatable bonds is 5. The van der Waals surface area contributed by atoms with Crippen molar-refractivity contribution >= 4 is 23.0 Å². The van der Waals surface area contributed by atoms with Crippen molar-refractivity contribution in [3.63, 3.8) is 0 Å². The summed E-state index contributed by atoms with van der Waals surface area (Å²) in [7, 11) is 0. The third kappa shape index (κ3) is 3.13. The van der Waals surface area contributed by atoms with Crippen LogP contribution in [0, 0.1) is 27.2 Å². The number of carbonyl (C=O) groups is 1. The summed E-state index contributed by atoms with van der Waals surface area (Å²) < 4.78 is 5.18. The number of H-pyrrole nitrogens is 1. The number of nitrogens with zero attached hydrogens (tertiary/aromatic N) is 3. The maximum absolute atomic E-state index is 12.3. The minimum Gasteiger partial charge on any atom is -0.463 e. The molecule has 11 nitrogen and oxygen atoms in total. The number of anilines is 1. The largest absolute Gasteiger partial charge is 0.463 e. The van der Waals surface area contributed by atoms with Crippen LogP contribution >= 0.6 is 0 Å². The molecule has 0 aliphatic heterocycles. The number of amides is 1. The zero-order valence-corrected chi connectivity index (χ0v) is 13.3. The number of aromatic amines is 1. The van der Waals surface area contributed by atoms with Gasteiger partial charge in [0.15, 0.2) is 11.5 Å². The molecule has 26 heavy (non-hydrogen) atoms. The third-order valence-corrected chi connectivity index (χ3v) is 3.60. The maximum Gasteiger partial charge on any atom is 0.281 e. The Kier molecular flexibility index (Phi) is 4.19. The highest BCUT2D eigenvalue weighted by atomic mass is 16.6. The van der Waals surface area contributed by atoms with Gasteiger partial charge in [-0.25, -0.2) is 0 Å². The molecule has 3 rings (SSSR count). The highest BCUT2D eigenvalue weighted by Gasteiger charge is 2.24. The predicted octanol–water partition coefficient (Wildman–Crippen LogP) is 3.05. The van der Waals surface area contributed by atoms with Gasteiger partial charge in [-0.05, 0) is 19.1 Å². The minimum atomic E-state index is -0.748. The lowest BCUT2D eigenvalue weighted by Crippen LogP contribution is -2.13. The van der Waals surface area contributed by atoms with E-state index in [9.17, 15) is 25.0 Å². The summed E-state index contributed by atoms with van der Waals surface area (Å²) in [5.74, 6) is -0.218. The molecule has 0 radical (unpaired) electrons. The van der Waals surface area contributed by atoms with E-state index in [-0.39, 0.29) is 16.9 Å². The van der Waals surface area contributed by atoms with E-state index in [1.807, 2.05) is 0 Å². The van der Waals surface area contributed by atoms with Gasteiger partial charge in [-0.3, -0.25) is 30.1 Å². The van der Waals surface area contributed by atoms with Crippen LogP contribution in [-0.2, 0) is 0 Å². The molecule has 0 unspecified atom stereocenters. The normalized spacial score (nSPS) is 10.5. The monoisotopic (exact) mass is 357 g/mol. The van der Waals surface area contributed by atoms with Crippen LogP contribution in [-0.4, -0.2) is 26.0 Å². The number of nitrogens with one attached hydrogen (secondary N) is 2. The highest BCUT2D eigenvalue weighted by molar-refractivity contribution is 6.03. The molecule has 1 amide bonds. The van der Waals surface area contributed by atoms with Crippen molar-refractivity contribution in [2.24, 2.45) is 0 Å². The van der Waals surface area contributed by atoms with Crippen LogP contribution < -0.4 is 5.32 Å². The van der Waals surface area contributed by atoms with Crippen LogP contribution in [0.3, 0.4) is 0 Å². The molecule has 2 heterocycles. The molecule has 1 aromatic carbocycles. The van der Waals surface area contributed by atoms with Crippen molar-refractivity contribution in [1.29, 1.82) is 0 Å². The number of carbonyl (C=O) groups excluding carboxylic acids is 1. The van der Waals surface area contributed by atoms with E-state index in [1.54, 1.807) is 12.1 Å². The Labute approximate surface area is 144 Å². The van der Waals surface area contributed by atoms with Crippen LogP contribution in [0.25, 0.3) is 11.5 Å². The van der Waals surface area contributed by atoms with E-state index >= 15 is 0 Å². The number of nitro groups is 2. The second kappa shape index (κ2) is 6.47. The summed E-state index contributed by atoms with van der Waals surface area (Å²) in [6.07, 6.45) is 1.46. The van der Waals surface area contributed by atoms with Gasteiger partial charge < -0.3 is 9.73 Å². The minimum absolute atomic E-state index is 0.0118. The average Bonchev–Trinajstić information content (AvgIpc) is 3.26. The molecule has 3 aromatic rings. The Bertz CT molecular complexity index is 972. The van der Waals surface area contributed by atoms with Gasteiger partial charge in [0.25, 0.3) is 17.3 Å². The summed E-state index contributed by atoms with van der Waals surface area (Å²) in [5, 5.41) is 31.0. The van der Waals surface area contributed by atoms with Crippen molar-refractivity contribution in [3.05, 3.63) is 68.1 Å². The van der Waals surface area contributed by atoms with Gasteiger partial charge in [0, 0.05) is 18.2 Å². The Morgan fingerprint density at radius 2 is 1.85 bits per heavy atom. The van der Waals surface area contributed by atoms with Crippen molar-refractivity contribution in [2.45, 2.75) is 6.92 Å². The number of hydrogen-bond donors (Lipinski definition) is 2. The predicted molar refractivity (Wildman–Crippen MR) is 88.7 cm³/mol. The molecule has 0 bridgehead atoms. The lowest BCUT2D eigenvalue weighted by atomic mass is 10.1. The Hall–Kier alpha value is -4.02. The molecule has 132 valence electrons. The van der Waals surface area contributed by atoms with Gasteiger partial charge in [0.05, 0.1) is 21.8 Å². The standard InChI is InChI=1S/C15H11N5O6/c1-8-12(19(22)23)5-9(6-13(8)20(24)25)16-15(21)11-7-10(17-18-11)14-3-2-4-26-14/h2-7H,1H3,(H,16,21)(H,17,18). The van der Waals surface area contributed by atoms with Gasteiger partial charge in [0.1, 0.15) is 11.3 Å².